The Morgan fingerprint density at radius 1 is 1.21 bits per heavy atom. The number of rotatable bonds is 6. The number of aromatic nitrogens is 1. The Morgan fingerprint density at radius 2 is 1.95 bits per heavy atom. The summed E-state index contributed by atoms with van der Waals surface area (Å²) in [4.78, 5) is 0. The molecule has 0 aliphatic carbocycles. The summed E-state index contributed by atoms with van der Waals surface area (Å²) in [5.74, 6) is 1.48. The van der Waals surface area contributed by atoms with Gasteiger partial charge in [-0.25, -0.2) is 0 Å². The van der Waals surface area contributed by atoms with Crippen LogP contribution in [0.2, 0.25) is 0 Å². The van der Waals surface area contributed by atoms with E-state index in [1.807, 2.05) is 6.07 Å². The summed E-state index contributed by atoms with van der Waals surface area (Å²) in [5, 5.41) is 7.46. The Morgan fingerprint density at radius 3 is 2.58 bits per heavy atom. The molecule has 0 unspecified atom stereocenters. The molecule has 0 radical (unpaired) electrons. The summed E-state index contributed by atoms with van der Waals surface area (Å²) in [6.45, 7) is 8.29. The van der Waals surface area contributed by atoms with Crippen LogP contribution in [0.1, 0.15) is 32.0 Å². The lowest BCUT2D eigenvalue weighted by atomic mass is 10.1. The van der Waals surface area contributed by atoms with Crippen molar-refractivity contribution in [1.82, 2.24) is 10.5 Å². The highest BCUT2D eigenvalue weighted by molar-refractivity contribution is 5.57. The smallest absolute Gasteiger partial charge is 0.167 e. The molecule has 1 heterocycles. The van der Waals surface area contributed by atoms with E-state index in [1.165, 1.54) is 5.56 Å². The van der Waals surface area contributed by atoms with Crippen LogP contribution in [-0.2, 0) is 13.0 Å². The molecule has 3 nitrogen and oxygen atoms in total. The molecule has 3 heteroatoms. The van der Waals surface area contributed by atoms with E-state index in [4.69, 9.17) is 4.52 Å². The second-order valence-corrected chi connectivity index (χ2v) is 5.26. The molecule has 102 valence electrons. The van der Waals surface area contributed by atoms with Crippen molar-refractivity contribution in [3.8, 4) is 11.3 Å². The van der Waals surface area contributed by atoms with Gasteiger partial charge >= 0.3 is 0 Å². The van der Waals surface area contributed by atoms with Crippen LogP contribution < -0.4 is 5.32 Å². The van der Waals surface area contributed by atoms with Crippen molar-refractivity contribution in [3.63, 3.8) is 0 Å². The van der Waals surface area contributed by atoms with Crippen molar-refractivity contribution in [2.24, 2.45) is 5.92 Å². The monoisotopic (exact) mass is 258 g/mol. The van der Waals surface area contributed by atoms with E-state index in [1.54, 1.807) is 0 Å². The third-order valence-corrected chi connectivity index (χ3v) is 3.06. The number of aryl methyl sites for hydroxylation is 1. The topological polar surface area (TPSA) is 38.1 Å². The first-order valence-electron chi connectivity index (χ1n) is 6.94. The predicted octanol–water partition coefficient (Wildman–Crippen LogP) is 3.65. The number of hydrogen-bond acceptors (Lipinski definition) is 3. The van der Waals surface area contributed by atoms with Crippen LogP contribution >= 0.6 is 0 Å². The summed E-state index contributed by atoms with van der Waals surface area (Å²) >= 11 is 0. The largest absolute Gasteiger partial charge is 0.356 e. The molecule has 0 bridgehead atoms. The van der Waals surface area contributed by atoms with Crippen molar-refractivity contribution in [3.05, 3.63) is 41.6 Å². The van der Waals surface area contributed by atoms with Crippen LogP contribution in [0.4, 0.5) is 0 Å². The maximum absolute atomic E-state index is 5.39. The van der Waals surface area contributed by atoms with Crippen LogP contribution in [0, 0.1) is 5.92 Å². The van der Waals surface area contributed by atoms with Gasteiger partial charge in [-0.3, -0.25) is 0 Å². The Bertz CT molecular complexity index is 500. The minimum atomic E-state index is 0.646. The summed E-state index contributed by atoms with van der Waals surface area (Å²) in [6.07, 6.45) is 1.06. The highest BCUT2D eigenvalue weighted by Crippen LogP contribution is 2.21. The highest BCUT2D eigenvalue weighted by atomic mass is 16.5. The van der Waals surface area contributed by atoms with Crippen LogP contribution in [0.25, 0.3) is 11.3 Å². The fourth-order valence-electron chi connectivity index (χ4n) is 1.92. The van der Waals surface area contributed by atoms with Gasteiger partial charge in [0.05, 0.1) is 5.69 Å². The number of benzene rings is 1. The first-order chi connectivity index (χ1) is 9.19. The van der Waals surface area contributed by atoms with Crippen LogP contribution in [0.3, 0.4) is 0 Å². The Hall–Kier alpha value is -1.61. The maximum atomic E-state index is 5.39. The van der Waals surface area contributed by atoms with Gasteiger partial charge in [0.1, 0.15) is 0 Å². The van der Waals surface area contributed by atoms with E-state index in [9.17, 15) is 0 Å². The highest BCUT2D eigenvalue weighted by Gasteiger charge is 2.06. The molecule has 0 aliphatic heterocycles. The average Bonchev–Trinajstić information content (AvgIpc) is 2.87. The lowest BCUT2D eigenvalue weighted by molar-refractivity contribution is 0.418. The first-order valence-corrected chi connectivity index (χ1v) is 6.94. The van der Waals surface area contributed by atoms with Gasteiger partial charge in [-0.15, -0.1) is 0 Å². The summed E-state index contributed by atoms with van der Waals surface area (Å²) in [6, 6.07) is 10.5. The van der Waals surface area contributed by atoms with E-state index in [2.05, 4.69) is 55.5 Å². The van der Waals surface area contributed by atoms with Gasteiger partial charge < -0.3 is 9.84 Å². The Kier molecular flexibility index (Phi) is 4.74. The molecule has 0 saturated carbocycles. The third kappa shape index (κ3) is 3.93. The predicted molar refractivity (Wildman–Crippen MR) is 77.9 cm³/mol. The summed E-state index contributed by atoms with van der Waals surface area (Å²) < 4.78 is 5.39. The maximum Gasteiger partial charge on any atom is 0.167 e. The lowest BCUT2D eigenvalue weighted by Gasteiger charge is -2.04. The van der Waals surface area contributed by atoms with Crippen LogP contribution in [0.5, 0.6) is 0 Å². The molecule has 19 heavy (non-hydrogen) atoms. The minimum absolute atomic E-state index is 0.646. The quantitative estimate of drug-likeness (QED) is 0.859. The molecule has 0 fully saturated rings. The fourth-order valence-corrected chi connectivity index (χ4v) is 1.92. The van der Waals surface area contributed by atoms with E-state index in [0.717, 1.165) is 36.5 Å². The van der Waals surface area contributed by atoms with Crippen molar-refractivity contribution in [2.75, 3.05) is 6.54 Å². The van der Waals surface area contributed by atoms with Crippen LogP contribution in [0.15, 0.2) is 34.9 Å². The van der Waals surface area contributed by atoms with E-state index >= 15 is 0 Å². The molecule has 0 saturated heterocycles. The van der Waals surface area contributed by atoms with E-state index in [0.29, 0.717) is 5.92 Å². The zero-order valence-corrected chi connectivity index (χ0v) is 11.9. The summed E-state index contributed by atoms with van der Waals surface area (Å²) in [7, 11) is 0. The van der Waals surface area contributed by atoms with Gasteiger partial charge in [0.25, 0.3) is 0 Å². The van der Waals surface area contributed by atoms with Crippen molar-refractivity contribution < 1.29 is 4.52 Å². The Labute approximate surface area is 115 Å². The van der Waals surface area contributed by atoms with Crippen molar-refractivity contribution >= 4 is 0 Å². The van der Waals surface area contributed by atoms with Gasteiger partial charge in [-0.2, -0.15) is 0 Å². The molecular formula is C16H22N2O. The van der Waals surface area contributed by atoms with Gasteiger partial charge in [-0.05, 0) is 24.4 Å². The molecule has 0 spiro atoms. The molecule has 1 aromatic heterocycles. The van der Waals surface area contributed by atoms with Gasteiger partial charge in [0.15, 0.2) is 5.76 Å². The molecular weight excluding hydrogens is 236 g/mol. The van der Waals surface area contributed by atoms with Gasteiger partial charge in [0, 0.05) is 18.2 Å². The Balaban J connectivity index is 1.99. The lowest BCUT2D eigenvalue weighted by Crippen LogP contribution is -2.18. The normalized spacial score (nSPS) is 11.2. The third-order valence-electron chi connectivity index (χ3n) is 3.06. The second-order valence-electron chi connectivity index (χ2n) is 5.26. The molecule has 0 amide bonds. The molecule has 1 aromatic carbocycles. The number of nitrogens with one attached hydrogen (secondary N) is 1. The zero-order chi connectivity index (χ0) is 13.7. The van der Waals surface area contributed by atoms with Crippen molar-refractivity contribution in [1.29, 1.82) is 0 Å². The average molecular weight is 258 g/mol. The summed E-state index contributed by atoms with van der Waals surface area (Å²) in [5.41, 5.74) is 3.37. The number of hydrogen-bond donors (Lipinski definition) is 1. The SMILES string of the molecule is CCc1ccc(-c2cc(CNCC(C)C)no2)cc1. The second kappa shape index (κ2) is 6.53. The van der Waals surface area contributed by atoms with Gasteiger partial charge in [-0.1, -0.05) is 50.2 Å². The molecule has 2 aromatic rings. The zero-order valence-electron chi connectivity index (χ0n) is 11.9. The fraction of sp³-hybridized carbons (Fsp3) is 0.438. The molecule has 0 atom stereocenters. The molecule has 1 N–H and O–H groups in total. The standard InChI is InChI=1S/C16H22N2O/c1-4-13-5-7-14(8-6-13)16-9-15(18-19-16)11-17-10-12(2)3/h5-9,12,17H,4,10-11H2,1-3H3. The molecule has 0 aliphatic rings. The first kappa shape index (κ1) is 13.8. The van der Waals surface area contributed by atoms with Gasteiger partial charge in [0.2, 0.25) is 0 Å². The van der Waals surface area contributed by atoms with E-state index < -0.39 is 0 Å². The minimum Gasteiger partial charge on any atom is -0.356 e. The van der Waals surface area contributed by atoms with E-state index in [-0.39, 0.29) is 0 Å². The number of nitrogens with zero attached hydrogens (tertiary/aromatic N) is 1. The molecule has 2 rings (SSSR count). The van der Waals surface area contributed by atoms with Crippen molar-refractivity contribution in [2.45, 2.75) is 33.7 Å². The van der Waals surface area contributed by atoms with Crippen LogP contribution in [-0.4, -0.2) is 11.7 Å².